The molecule has 2 saturated carbocycles. The Bertz CT molecular complexity index is 1070. The Balaban J connectivity index is 1.66. The van der Waals surface area contributed by atoms with E-state index in [9.17, 15) is 0 Å². The van der Waals surface area contributed by atoms with Crippen LogP contribution in [0.4, 0.5) is 0 Å². The molecule has 1 N–H and O–H groups in total. The second-order valence-electron chi connectivity index (χ2n) is 11.2. The number of hydrogen-bond donors (Lipinski definition) is 1. The van der Waals surface area contributed by atoms with Gasteiger partial charge in [-0.25, -0.2) is 0 Å². The van der Waals surface area contributed by atoms with Crippen molar-refractivity contribution in [3.05, 3.63) is 121 Å². The maximum absolute atomic E-state index is 4.91. The van der Waals surface area contributed by atoms with Crippen LogP contribution in [0, 0.1) is 0 Å². The van der Waals surface area contributed by atoms with Gasteiger partial charge in [-0.3, -0.25) is 0 Å². The van der Waals surface area contributed by atoms with E-state index in [1.807, 2.05) is 0 Å². The molecule has 0 bridgehead atoms. The summed E-state index contributed by atoms with van der Waals surface area (Å²) in [5.74, 6) is 0. The third kappa shape index (κ3) is 4.61. The Hall–Kier alpha value is -2.30. The SMILES string of the molecule is c1ccc([PH](N[PH](c2ccccc2)(c2ccccc2)C2CCCC2)(c2ccccc2)C2CCCC2)cc1. The molecular weight excluding hydrogens is 484 g/mol. The van der Waals surface area contributed by atoms with E-state index in [4.69, 9.17) is 4.86 Å². The summed E-state index contributed by atoms with van der Waals surface area (Å²) in [6, 6.07) is 46.6. The monoisotopic (exact) mass is 525 g/mol. The first kappa shape index (κ1) is 25.0. The van der Waals surface area contributed by atoms with Gasteiger partial charge in [0.15, 0.2) is 0 Å². The van der Waals surface area contributed by atoms with E-state index < -0.39 is 14.8 Å². The zero-order chi connectivity index (χ0) is 25.0. The van der Waals surface area contributed by atoms with E-state index in [2.05, 4.69) is 121 Å². The zero-order valence-electron chi connectivity index (χ0n) is 21.9. The Morgan fingerprint density at radius 3 is 0.865 bits per heavy atom. The molecule has 2 fully saturated rings. The van der Waals surface area contributed by atoms with Crippen molar-refractivity contribution in [1.82, 2.24) is 4.86 Å². The first-order valence-corrected chi connectivity index (χ1v) is 18.5. The van der Waals surface area contributed by atoms with Crippen LogP contribution in [0.25, 0.3) is 0 Å². The van der Waals surface area contributed by atoms with Crippen LogP contribution in [-0.2, 0) is 0 Å². The van der Waals surface area contributed by atoms with Gasteiger partial charge in [-0.15, -0.1) is 0 Å². The van der Waals surface area contributed by atoms with Crippen LogP contribution in [0.15, 0.2) is 121 Å². The Morgan fingerprint density at radius 2 is 0.622 bits per heavy atom. The van der Waals surface area contributed by atoms with Crippen LogP contribution in [0.5, 0.6) is 0 Å². The van der Waals surface area contributed by atoms with E-state index in [0.29, 0.717) is 11.3 Å². The Morgan fingerprint density at radius 1 is 0.378 bits per heavy atom. The number of nitrogens with one attached hydrogen (secondary N) is 1. The minimum absolute atomic E-state index is 0.706. The van der Waals surface area contributed by atoms with E-state index in [1.54, 1.807) is 21.2 Å². The van der Waals surface area contributed by atoms with Crippen molar-refractivity contribution in [3.8, 4) is 0 Å². The van der Waals surface area contributed by atoms with E-state index in [1.165, 1.54) is 51.4 Å². The summed E-state index contributed by atoms with van der Waals surface area (Å²) >= 11 is 0. The number of rotatable bonds is 8. The van der Waals surface area contributed by atoms with Gasteiger partial charge in [-0.2, -0.15) is 0 Å². The summed E-state index contributed by atoms with van der Waals surface area (Å²) in [4.78, 5) is 4.91. The van der Waals surface area contributed by atoms with Gasteiger partial charge in [0.25, 0.3) is 0 Å². The molecule has 0 spiro atoms. The first-order chi connectivity index (χ1) is 18.3. The molecule has 0 saturated heterocycles. The second kappa shape index (κ2) is 11.2. The van der Waals surface area contributed by atoms with Gasteiger partial charge in [-0.05, 0) is 0 Å². The van der Waals surface area contributed by atoms with Gasteiger partial charge in [0, 0.05) is 0 Å². The minimum atomic E-state index is -2.37. The zero-order valence-corrected chi connectivity index (χ0v) is 23.9. The molecule has 4 aromatic carbocycles. The summed E-state index contributed by atoms with van der Waals surface area (Å²) in [5.41, 5.74) is 1.41. The molecule has 6 rings (SSSR count). The van der Waals surface area contributed by atoms with Crippen LogP contribution in [0.2, 0.25) is 0 Å². The number of benzene rings is 4. The van der Waals surface area contributed by atoms with Crippen molar-refractivity contribution in [2.75, 3.05) is 0 Å². The molecule has 0 radical (unpaired) electrons. The van der Waals surface area contributed by atoms with E-state index >= 15 is 0 Å². The second-order valence-corrected chi connectivity index (χ2v) is 19.3. The molecule has 0 amide bonds. The maximum atomic E-state index is 4.91. The predicted molar refractivity (Wildman–Crippen MR) is 169 cm³/mol. The molecule has 0 atom stereocenters. The van der Waals surface area contributed by atoms with Gasteiger partial charge in [0.2, 0.25) is 0 Å². The number of hydrogen-bond acceptors (Lipinski definition) is 1. The van der Waals surface area contributed by atoms with E-state index in [-0.39, 0.29) is 0 Å². The molecule has 0 aromatic heterocycles. The Labute approximate surface area is 224 Å². The van der Waals surface area contributed by atoms with Crippen molar-refractivity contribution in [2.45, 2.75) is 62.7 Å². The van der Waals surface area contributed by atoms with Crippen molar-refractivity contribution >= 4 is 36.0 Å². The molecule has 3 heteroatoms. The van der Waals surface area contributed by atoms with Gasteiger partial charge >= 0.3 is 225 Å². The topological polar surface area (TPSA) is 12.0 Å². The van der Waals surface area contributed by atoms with Crippen molar-refractivity contribution < 1.29 is 0 Å². The summed E-state index contributed by atoms with van der Waals surface area (Å²) in [6.45, 7) is 0. The molecule has 4 aromatic rings. The van der Waals surface area contributed by atoms with Crippen molar-refractivity contribution in [2.24, 2.45) is 0 Å². The fourth-order valence-corrected chi connectivity index (χ4v) is 22.0. The average Bonchev–Trinajstić information content (AvgIpc) is 3.72. The van der Waals surface area contributed by atoms with Crippen LogP contribution in [-0.4, -0.2) is 11.3 Å². The molecule has 0 heterocycles. The molecule has 1 nitrogen and oxygen atoms in total. The molecule has 0 unspecified atom stereocenters. The van der Waals surface area contributed by atoms with Crippen molar-refractivity contribution in [3.63, 3.8) is 0 Å². The summed E-state index contributed by atoms with van der Waals surface area (Å²) in [5, 5.41) is 6.26. The summed E-state index contributed by atoms with van der Waals surface area (Å²) in [7, 11) is -4.74. The van der Waals surface area contributed by atoms with Crippen LogP contribution in [0.3, 0.4) is 0 Å². The van der Waals surface area contributed by atoms with Crippen LogP contribution >= 0.6 is 14.8 Å². The molecule has 37 heavy (non-hydrogen) atoms. The van der Waals surface area contributed by atoms with Gasteiger partial charge in [0.1, 0.15) is 0 Å². The van der Waals surface area contributed by atoms with Gasteiger partial charge < -0.3 is 0 Å². The van der Waals surface area contributed by atoms with Crippen LogP contribution < -0.4 is 26.1 Å². The third-order valence-corrected chi connectivity index (χ3v) is 21.0. The third-order valence-electron chi connectivity index (χ3n) is 9.25. The quantitative estimate of drug-likeness (QED) is 0.242. The standard InChI is InChI=1S/C34H41NP2/c1-5-17-29(18-6-1)36(33-25-13-14-26-33,30-19-7-2-8-20-30)35-37(34-27-15-16-28-34,31-21-9-3-10-22-31)32-23-11-4-12-24-32/h1-12,17-24,33-37H,13-16,25-28H2. The molecule has 2 aliphatic rings. The van der Waals surface area contributed by atoms with Gasteiger partial charge in [-0.1, -0.05) is 0 Å². The van der Waals surface area contributed by atoms with Crippen LogP contribution in [0.1, 0.15) is 51.4 Å². The molecule has 2 aliphatic carbocycles. The van der Waals surface area contributed by atoms with Crippen molar-refractivity contribution in [1.29, 1.82) is 0 Å². The fourth-order valence-electron chi connectivity index (χ4n) is 7.60. The molecule has 0 aliphatic heterocycles. The summed E-state index contributed by atoms with van der Waals surface area (Å²) in [6.07, 6.45) is 10.8. The fraction of sp³-hybridized carbons (Fsp3) is 0.294. The average molecular weight is 526 g/mol. The molecule has 192 valence electrons. The predicted octanol–water partition coefficient (Wildman–Crippen LogP) is 7.09. The summed E-state index contributed by atoms with van der Waals surface area (Å²) < 4.78 is 0. The molecular formula is C34H41NP2. The Kier molecular flexibility index (Phi) is 7.57. The normalized spacial score (nSPS) is 18.2. The van der Waals surface area contributed by atoms with Gasteiger partial charge in [0.05, 0.1) is 0 Å². The van der Waals surface area contributed by atoms with E-state index in [0.717, 1.165) is 0 Å². The first-order valence-electron chi connectivity index (χ1n) is 14.4.